The number of hydrogen-bond donors (Lipinski definition) is 1. The quantitative estimate of drug-likeness (QED) is 0.677. The van der Waals surface area contributed by atoms with E-state index in [2.05, 4.69) is 15.3 Å². The number of rotatable bonds is 4. The number of ether oxygens (including phenoxy) is 1. The van der Waals surface area contributed by atoms with E-state index in [1.54, 1.807) is 0 Å². The number of halogens is 3. The maximum Gasteiger partial charge on any atom is 0.573 e. The van der Waals surface area contributed by atoms with Gasteiger partial charge in [-0.25, -0.2) is 0 Å². The van der Waals surface area contributed by atoms with Gasteiger partial charge in [-0.1, -0.05) is 18.2 Å². The van der Waals surface area contributed by atoms with Gasteiger partial charge in [-0.2, -0.15) is 5.10 Å². The van der Waals surface area contributed by atoms with Crippen molar-refractivity contribution >= 4 is 11.9 Å². The molecule has 0 fully saturated rings. The molecule has 1 N–H and O–H groups in total. The van der Waals surface area contributed by atoms with Crippen molar-refractivity contribution in [3.8, 4) is 5.75 Å². The molecular weight excluding hydrogens is 269 g/mol. The van der Waals surface area contributed by atoms with Gasteiger partial charge >= 0.3 is 6.36 Å². The molecule has 0 heterocycles. The Morgan fingerprint density at radius 2 is 1.60 bits per heavy atom. The van der Waals surface area contributed by atoms with Crippen molar-refractivity contribution in [3.05, 3.63) is 60.2 Å². The lowest BCUT2D eigenvalue weighted by Crippen LogP contribution is -2.17. The molecule has 0 saturated carbocycles. The van der Waals surface area contributed by atoms with Crippen LogP contribution in [0.15, 0.2) is 59.7 Å². The van der Waals surface area contributed by atoms with Gasteiger partial charge in [-0.05, 0) is 42.0 Å². The minimum atomic E-state index is -4.68. The van der Waals surface area contributed by atoms with E-state index in [4.69, 9.17) is 0 Å². The Labute approximate surface area is 113 Å². The van der Waals surface area contributed by atoms with Gasteiger partial charge in [0.2, 0.25) is 0 Å². The number of hydrazone groups is 1. The molecule has 2 aromatic rings. The summed E-state index contributed by atoms with van der Waals surface area (Å²) >= 11 is 0. The summed E-state index contributed by atoms with van der Waals surface area (Å²) in [6, 6.07) is 14.7. The lowest BCUT2D eigenvalue weighted by atomic mass is 10.2. The Morgan fingerprint density at radius 3 is 2.20 bits per heavy atom. The van der Waals surface area contributed by atoms with E-state index in [1.807, 2.05) is 30.3 Å². The first kappa shape index (κ1) is 13.9. The van der Waals surface area contributed by atoms with E-state index >= 15 is 0 Å². The molecule has 104 valence electrons. The van der Waals surface area contributed by atoms with Gasteiger partial charge in [0.1, 0.15) is 5.75 Å². The van der Waals surface area contributed by atoms with Gasteiger partial charge in [0.15, 0.2) is 0 Å². The molecule has 20 heavy (non-hydrogen) atoms. The highest BCUT2D eigenvalue weighted by Gasteiger charge is 2.30. The molecule has 0 aromatic heterocycles. The average Bonchev–Trinajstić information content (AvgIpc) is 2.40. The third kappa shape index (κ3) is 4.64. The van der Waals surface area contributed by atoms with Crippen LogP contribution in [0.1, 0.15) is 5.56 Å². The zero-order chi connectivity index (χ0) is 14.4. The number of hydrogen-bond acceptors (Lipinski definition) is 3. The SMILES string of the molecule is FC(F)(F)Oc1ccc(C=NNc2ccccc2)cc1. The first-order valence-electron chi connectivity index (χ1n) is 5.73. The summed E-state index contributed by atoms with van der Waals surface area (Å²) < 4.78 is 39.7. The molecule has 2 rings (SSSR count). The Kier molecular flexibility index (Phi) is 4.24. The predicted octanol–water partition coefficient (Wildman–Crippen LogP) is 4.03. The Morgan fingerprint density at radius 1 is 0.950 bits per heavy atom. The van der Waals surface area contributed by atoms with Crippen LogP contribution >= 0.6 is 0 Å². The second kappa shape index (κ2) is 6.10. The van der Waals surface area contributed by atoms with Crippen LogP contribution in [0.4, 0.5) is 18.9 Å². The number of anilines is 1. The van der Waals surface area contributed by atoms with E-state index in [0.29, 0.717) is 5.56 Å². The van der Waals surface area contributed by atoms with E-state index < -0.39 is 6.36 Å². The maximum absolute atomic E-state index is 12.0. The van der Waals surface area contributed by atoms with Crippen LogP contribution in [0.2, 0.25) is 0 Å². The molecular formula is C14H11F3N2O. The number of benzene rings is 2. The molecule has 0 radical (unpaired) electrons. The second-order valence-corrected chi connectivity index (χ2v) is 3.85. The van der Waals surface area contributed by atoms with Crippen molar-refractivity contribution < 1.29 is 17.9 Å². The number of alkyl halides is 3. The van der Waals surface area contributed by atoms with E-state index in [1.165, 1.54) is 30.5 Å². The van der Waals surface area contributed by atoms with Gasteiger partial charge in [0.05, 0.1) is 11.9 Å². The fourth-order valence-corrected chi connectivity index (χ4v) is 1.45. The summed E-state index contributed by atoms with van der Waals surface area (Å²) in [6.07, 6.45) is -3.17. The molecule has 0 amide bonds. The average molecular weight is 280 g/mol. The van der Waals surface area contributed by atoms with E-state index in [0.717, 1.165) is 5.69 Å². The lowest BCUT2D eigenvalue weighted by Gasteiger charge is -2.08. The first-order valence-corrected chi connectivity index (χ1v) is 5.73. The normalized spacial score (nSPS) is 11.6. The molecule has 6 heteroatoms. The molecule has 2 aromatic carbocycles. The maximum atomic E-state index is 12.0. The van der Waals surface area contributed by atoms with Crippen molar-refractivity contribution in [1.29, 1.82) is 0 Å². The number of nitrogens with zero attached hydrogens (tertiary/aromatic N) is 1. The highest BCUT2D eigenvalue weighted by atomic mass is 19.4. The number of nitrogens with one attached hydrogen (secondary N) is 1. The predicted molar refractivity (Wildman–Crippen MR) is 70.8 cm³/mol. The molecule has 3 nitrogen and oxygen atoms in total. The molecule has 0 bridgehead atoms. The zero-order valence-corrected chi connectivity index (χ0v) is 10.3. The third-order valence-corrected chi connectivity index (χ3v) is 2.29. The van der Waals surface area contributed by atoms with Gasteiger partial charge in [-0.3, -0.25) is 5.43 Å². The fourth-order valence-electron chi connectivity index (χ4n) is 1.45. The molecule has 0 atom stereocenters. The topological polar surface area (TPSA) is 33.6 Å². The minimum Gasteiger partial charge on any atom is -0.406 e. The molecule has 0 aliphatic rings. The summed E-state index contributed by atoms with van der Waals surface area (Å²) in [5.74, 6) is -0.259. The van der Waals surface area contributed by atoms with Crippen molar-refractivity contribution in [2.24, 2.45) is 5.10 Å². The molecule has 0 unspecified atom stereocenters. The van der Waals surface area contributed by atoms with E-state index in [-0.39, 0.29) is 5.75 Å². The largest absolute Gasteiger partial charge is 0.573 e. The standard InChI is InChI=1S/C14H11F3N2O/c15-14(16,17)20-13-8-6-11(7-9-13)10-18-19-12-4-2-1-3-5-12/h1-10,19H. The molecule has 0 aliphatic carbocycles. The Bertz CT molecular complexity index is 565. The highest BCUT2D eigenvalue weighted by molar-refractivity contribution is 5.80. The summed E-state index contributed by atoms with van der Waals surface area (Å²) in [7, 11) is 0. The van der Waals surface area contributed by atoms with Gasteiger partial charge in [0, 0.05) is 0 Å². The van der Waals surface area contributed by atoms with Crippen LogP contribution in [-0.4, -0.2) is 12.6 Å². The van der Waals surface area contributed by atoms with E-state index in [9.17, 15) is 13.2 Å². The lowest BCUT2D eigenvalue weighted by molar-refractivity contribution is -0.274. The van der Waals surface area contributed by atoms with Crippen LogP contribution in [-0.2, 0) is 0 Å². The summed E-state index contributed by atoms with van der Waals surface area (Å²) in [5.41, 5.74) is 4.28. The summed E-state index contributed by atoms with van der Waals surface area (Å²) in [4.78, 5) is 0. The molecule has 0 aliphatic heterocycles. The second-order valence-electron chi connectivity index (χ2n) is 3.85. The molecule has 0 spiro atoms. The summed E-state index contributed by atoms with van der Waals surface area (Å²) in [6.45, 7) is 0. The van der Waals surface area contributed by atoms with Crippen molar-refractivity contribution in [2.75, 3.05) is 5.43 Å². The minimum absolute atomic E-state index is 0.259. The molecule has 0 saturated heterocycles. The third-order valence-electron chi connectivity index (χ3n) is 2.29. The highest BCUT2D eigenvalue weighted by Crippen LogP contribution is 2.22. The van der Waals surface area contributed by atoms with Crippen molar-refractivity contribution in [1.82, 2.24) is 0 Å². The van der Waals surface area contributed by atoms with Gasteiger partial charge < -0.3 is 4.74 Å². The number of para-hydroxylation sites is 1. The summed E-state index contributed by atoms with van der Waals surface area (Å²) in [5, 5.41) is 3.98. The monoisotopic (exact) mass is 280 g/mol. The zero-order valence-electron chi connectivity index (χ0n) is 10.3. The van der Waals surface area contributed by atoms with Crippen LogP contribution in [0, 0.1) is 0 Å². The van der Waals surface area contributed by atoms with Crippen LogP contribution in [0.3, 0.4) is 0 Å². The van der Waals surface area contributed by atoms with Crippen molar-refractivity contribution in [2.45, 2.75) is 6.36 Å². The Balaban J connectivity index is 1.94. The van der Waals surface area contributed by atoms with Crippen molar-refractivity contribution in [3.63, 3.8) is 0 Å². The fraction of sp³-hybridized carbons (Fsp3) is 0.0714. The van der Waals surface area contributed by atoms with Gasteiger partial charge in [-0.15, -0.1) is 13.2 Å². The van der Waals surface area contributed by atoms with Crippen LogP contribution < -0.4 is 10.2 Å². The van der Waals surface area contributed by atoms with Crippen LogP contribution in [0.5, 0.6) is 5.75 Å². The smallest absolute Gasteiger partial charge is 0.406 e. The Hall–Kier alpha value is -2.50. The van der Waals surface area contributed by atoms with Gasteiger partial charge in [0.25, 0.3) is 0 Å². The first-order chi connectivity index (χ1) is 9.53. The van der Waals surface area contributed by atoms with Crippen LogP contribution in [0.25, 0.3) is 0 Å².